The molecule has 3 aromatic rings. The molecule has 0 atom stereocenters. The van der Waals surface area contributed by atoms with Gasteiger partial charge in [0.1, 0.15) is 22.7 Å². The summed E-state index contributed by atoms with van der Waals surface area (Å²) in [6.45, 7) is 3.03. The van der Waals surface area contributed by atoms with Crippen molar-refractivity contribution in [3.63, 3.8) is 0 Å². The van der Waals surface area contributed by atoms with E-state index in [1.54, 1.807) is 30.8 Å². The minimum Gasteiger partial charge on any atom is -0.494 e. The summed E-state index contributed by atoms with van der Waals surface area (Å²) < 4.78 is 5.51. The fourth-order valence-corrected chi connectivity index (χ4v) is 5.65. The molecule has 10 heteroatoms. The Kier molecular flexibility index (Phi) is 5.30. The Morgan fingerprint density at radius 1 is 1.25 bits per heavy atom. The number of nitrogens with one attached hydrogen (secondary N) is 1. The van der Waals surface area contributed by atoms with Crippen LogP contribution < -0.4 is 21.2 Å². The molecule has 0 spiro atoms. The summed E-state index contributed by atoms with van der Waals surface area (Å²) in [5.74, 6) is 1.31. The second-order valence-electron chi connectivity index (χ2n) is 8.03. The first-order valence-corrected chi connectivity index (χ1v) is 11.5. The number of nitrogens with zero attached hydrogens (tertiary/aromatic N) is 4. The van der Waals surface area contributed by atoms with Gasteiger partial charge in [0.25, 0.3) is 0 Å². The number of amides is 2. The molecule has 0 unspecified atom stereocenters. The van der Waals surface area contributed by atoms with Crippen molar-refractivity contribution in [3.05, 3.63) is 34.5 Å². The number of methoxy groups -OCH3 is 1. The average molecular weight is 453 g/mol. The van der Waals surface area contributed by atoms with E-state index in [9.17, 15) is 4.79 Å². The molecule has 2 aliphatic rings. The Morgan fingerprint density at radius 3 is 2.81 bits per heavy atom. The highest BCUT2D eigenvalue weighted by molar-refractivity contribution is 7.19. The Balaban J connectivity index is 1.48. The van der Waals surface area contributed by atoms with Gasteiger partial charge in [-0.1, -0.05) is 0 Å². The fraction of sp³-hybridized carbons (Fsp3) is 0.364. The van der Waals surface area contributed by atoms with Crippen molar-refractivity contribution in [2.45, 2.75) is 25.8 Å². The fourth-order valence-electron chi connectivity index (χ4n) is 4.45. The summed E-state index contributed by atoms with van der Waals surface area (Å²) in [4.78, 5) is 27.9. The second kappa shape index (κ2) is 8.27. The van der Waals surface area contributed by atoms with Gasteiger partial charge in [-0.15, -0.1) is 11.3 Å². The molecule has 0 aliphatic carbocycles. The molecule has 4 heterocycles. The minimum atomic E-state index is 0.146. The highest BCUT2D eigenvalue weighted by atomic mass is 32.1. The van der Waals surface area contributed by atoms with Gasteiger partial charge in [-0.3, -0.25) is 5.41 Å². The van der Waals surface area contributed by atoms with Crippen LogP contribution in [0, 0.1) is 0 Å². The van der Waals surface area contributed by atoms with E-state index in [1.807, 2.05) is 15.9 Å². The predicted octanol–water partition coefficient (Wildman–Crippen LogP) is 1.78. The van der Waals surface area contributed by atoms with E-state index in [0.29, 0.717) is 35.9 Å². The van der Waals surface area contributed by atoms with E-state index in [0.717, 1.165) is 48.3 Å². The predicted molar refractivity (Wildman–Crippen MR) is 126 cm³/mol. The molecular formula is C22H26N7O2S+. The van der Waals surface area contributed by atoms with E-state index < -0.39 is 0 Å². The van der Waals surface area contributed by atoms with Crippen LogP contribution in [0.25, 0.3) is 10.2 Å². The van der Waals surface area contributed by atoms with Gasteiger partial charge in [-0.2, -0.15) is 0 Å². The van der Waals surface area contributed by atoms with Crippen molar-refractivity contribution in [1.29, 1.82) is 0 Å². The first-order valence-electron chi connectivity index (χ1n) is 10.7. The van der Waals surface area contributed by atoms with Crippen LogP contribution in [0.2, 0.25) is 0 Å². The molecule has 0 bridgehead atoms. The normalized spacial score (nSPS) is 15.7. The number of likely N-dealkylation sites (tertiary alicyclic amines) is 1. The lowest BCUT2D eigenvalue weighted by atomic mass is 10.0. The number of thiophene rings is 1. The van der Waals surface area contributed by atoms with Gasteiger partial charge in [-0.25, -0.2) is 14.8 Å². The molecular weight excluding hydrogens is 426 g/mol. The number of anilines is 3. The van der Waals surface area contributed by atoms with Gasteiger partial charge in [0.15, 0.2) is 6.21 Å². The van der Waals surface area contributed by atoms with Crippen LogP contribution in [0.5, 0.6) is 5.75 Å². The standard InChI is InChI=1S/C22H25N7O2S/c1-31-17-9-15(24)13(10-23)8-16(17)27-20-19-14-4-7-29(22(30)28-5-2-3-6-28)11-18(14)32-21(19)26-12-25-20/h8-10,12,23H,2-7,11,24H2,1H3,(H,25,26,27)/p+1. The van der Waals surface area contributed by atoms with Crippen LogP contribution in [-0.4, -0.2) is 58.8 Å². The van der Waals surface area contributed by atoms with Crippen LogP contribution in [0.1, 0.15) is 28.8 Å². The van der Waals surface area contributed by atoms with Crippen molar-refractivity contribution in [1.82, 2.24) is 19.8 Å². The first kappa shape index (κ1) is 20.5. The zero-order valence-corrected chi connectivity index (χ0v) is 18.7. The van der Waals surface area contributed by atoms with E-state index in [-0.39, 0.29) is 6.03 Å². The highest BCUT2D eigenvalue weighted by Gasteiger charge is 2.30. The Labute approximate surface area is 189 Å². The molecule has 2 aromatic heterocycles. The van der Waals surface area contributed by atoms with Gasteiger partial charge in [0, 0.05) is 36.3 Å². The largest absolute Gasteiger partial charge is 0.494 e. The van der Waals surface area contributed by atoms with Crippen LogP contribution >= 0.6 is 11.3 Å². The SMILES string of the molecule is COc1cc(N)c(C=[NH2+])cc1Nc1ncnc2sc3c(c12)CCN(C(=O)N1CCCC1)C3. The summed E-state index contributed by atoms with van der Waals surface area (Å²) in [5.41, 5.74) is 9.22. The number of aromatic nitrogens is 2. The topological polar surface area (TPSA) is 122 Å². The molecule has 5 N–H and O–H groups in total. The Morgan fingerprint density at radius 2 is 2.06 bits per heavy atom. The lowest BCUT2D eigenvalue weighted by Crippen LogP contribution is -2.43. The maximum absolute atomic E-state index is 12.9. The summed E-state index contributed by atoms with van der Waals surface area (Å²) in [7, 11) is 1.60. The van der Waals surface area contributed by atoms with Gasteiger partial charge < -0.3 is 25.6 Å². The van der Waals surface area contributed by atoms with Crippen molar-refractivity contribution >= 4 is 51.0 Å². The van der Waals surface area contributed by atoms with E-state index >= 15 is 0 Å². The summed E-state index contributed by atoms with van der Waals surface area (Å²) in [5, 5.41) is 10.1. The zero-order chi connectivity index (χ0) is 22.2. The number of urea groups is 1. The van der Waals surface area contributed by atoms with Crippen molar-refractivity contribution in [2.24, 2.45) is 0 Å². The van der Waals surface area contributed by atoms with E-state index in [4.69, 9.17) is 15.9 Å². The number of rotatable bonds is 4. The van der Waals surface area contributed by atoms with Gasteiger partial charge in [0.2, 0.25) is 0 Å². The van der Waals surface area contributed by atoms with E-state index in [2.05, 4.69) is 15.3 Å². The summed E-state index contributed by atoms with van der Waals surface area (Å²) >= 11 is 1.63. The smallest absolute Gasteiger partial charge is 0.320 e. The Hall–Kier alpha value is -3.40. The number of hydrogen-bond donors (Lipinski definition) is 3. The third kappa shape index (κ3) is 3.50. The molecule has 2 aliphatic heterocycles. The number of benzene rings is 1. The maximum Gasteiger partial charge on any atom is 0.320 e. The molecule has 5 rings (SSSR count). The molecule has 1 saturated heterocycles. The van der Waals surface area contributed by atoms with Crippen molar-refractivity contribution in [3.8, 4) is 5.75 Å². The quantitative estimate of drug-likeness (QED) is 0.410. The molecule has 1 aromatic carbocycles. The number of carbonyl (C=O) groups excluding carboxylic acids is 1. The van der Waals surface area contributed by atoms with Gasteiger partial charge in [-0.05, 0) is 30.9 Å². The third-order valence-electron chi connectivity index (χ3n) is 6.12. The van der Waals surface area contributed by atoms with Crippen LogP contribution in [0.4, 0.5) is 22.0 Å². The minimum absolute atomic E-state index is 0.146. The molecule has 166 valence electrons. The average Bonchev–Trinajstić information content (AvgIpc) is 3.47. The maximum atomic E-state index is 12.9. The monoisotopic (exact) mass is 452 g/mol. The van der Waals surface area contributed by atoms with Crippen molar-refractivity contribution < 1.29 is 14.9 Å². The number of nitrogens with two attached hydrogens (primary N) is 2. The first-order chi connectivity index (χ1) is 15.6. The van der Waals surface area contributed by atoms with Crippen LogP contribution in [0.15, 0.2) is 18.5 Å². The van der Waals surface area contributed by atoms with Crippen LogP contribution in [-0.2, 0) is 13.0 Å². The third-order valence-corrected chi connectivity index (χ3v) is 7.25. The molecule has 0 radical (unpaired) electrons. The summed E-state index contributed by atoms with van der Waals surface area (Å²) in [6.07, 6.45) is 5.98. The Bertz CT molecular complexity index is 1200. The van der Waals surface area contributed by atoms with Crippen molar-refractivity contribution in [2.75, 3.05) is 37.8 Å². The second-order valence-corrected chi connectivity index (χ2v) is 9.11. The molecule has 9 nitrogen and oxygen atoms in total. The molecule has 1 fully saturated rings. The number of carbonyl (C=O) groups is 1. The molecule has 0 saturated carbocycles. The molecule has 2 amide bonds. The number of nitrogen functional groups attached to an aromatic ring is 1. The number of hydrogen-bond acceptors (Lipinski definition) is 7. The van der Waals surface area contributed by atoms with E-state index in [1.165, 1.54) is 16.7 Å². The van der Waals surface area contributed by atoms with Crippen LogP contribution in [0.3, 0.4) is 0 Å². The lowest BCUT2D eigenvalue weighted by molar-refractivity contribution is -0.104. The van der Waals surface area contributed by atoms with Gasteiger partial charge >= 0.3 is 6.03 Å². The number of fused-ring (bicyclic) bond motifs is 3. The number of ether oxygens (including phenoxy) is 1. The molecule has 32 heavy (non-hydrogen) atoms. The summed E-state index contributed by atoms with van der Waals surface area (Å²) in [6, 6.07) is 3.73. The lowest BCUT2D eigenvalue weighted by Gasteiger charge is -2.31. The zero-order valence-electron chi connectivity index (χ0n) is 17.9. The highest BCUT2D eigenvalue weighted by Crippen LogP contribution is 2.40. The van der Waals surface area contributed by atoms with Gasteiger partial charge in [0.05, 0.1) is 30.3 Å².